The van der Waals surface area contributed by atoms with Crippen molar-refractivity contribution in [1.82, 2.24) is 15.2 Å². The van der Waals surface area contributed by atoms with E-state index in [9.17, 15) is 14.9 Å². The molecule has 1 aromatic heterocycles. The average molecular weight is 395 g/mol. The third-order valence-corrected chi connectivity index (χ3v) is 4.59. The minimum Gasteiger partial charge on any atom is -0.325 e. The van der Waals surface area contributed by atoms with Crippen molar-refractivity contribution in [3.63, 3.8) is 0 Å². The van der Waals surface area contributed by atoms with E-state index in [1.807, 2.05) is 42.5 Å². The predicted molar refractivity (Wildman–Crippen MR) is 109 cm³/mol. The van der Waals surface area contributed by atoms with E-state index in [2.05, 4.69) is 20.5 Å². The number of non-ortho nitro benzene ring substituents is 1. The lowest BCUT2D eigenvalue weighted by atomic mass is 10.2. The van der Waals surface area contributed by atoms with Crippen LogP contribution in [0, 0.1) is 17.0 Å². The number of anilines is 1. The molecule has 0 atom stereocenters. The number of nitro benzene ring substituents is 1. The number of aromatic nitrogens is 3. The summed E-state index contributed by atoms with van der Waals surface area (Å²) in [6.07, 6.45) is 3.73. The van der Waals surface area contributed by atoms with Crippen LogP contribution in [0.15, 0.2) is 53.7 Å². The Morgan fingerprint density at radius 2 is 2.04 bits per heavy atom. The third-order valence-electron chi connectivity index (χ3n) is 3.74. The number of carbonyl (C=O) groups is 1. The SMILES string of the molecule is Cc1cc([N+](=O)[O-])ccc1NC(=O)CSc1n[nH]c(/C=C/c2ccccc2)n1. The van der Waals surface area contributed by atoms with Gasteiger partial charge in [0, 0.05) is 17.8 Å². The van der Waals surface area contributed by atoms with Crippen LogP contribution >= 0.6 is 11.8 Å². The van der Waals surface area contributed by atoms with Gasteiger partial charge in [-0.3, -0.25) is 20.0 Å². The minimum atomic E-state index is -0.471. The number of thioether (sulfide) groups is 1. The number of nitrogens with zero attached hydrogens (tertiary/aromatic N) is 3. The van der Waals surface area contributed by atoms with E-state index in [1.54, 1.807) is 6.92 Å². The average Bonchev–Trinajstić information content (AvgIpc) is 3.15. The molecule has 1 amide bonds. The molecule has 142 valence electrons. The maximum absolute atomic E-state index is 12.1. The van der Waals surface area contributed by atoms with E-state index >= 15 is 0 Å². The van der Waals surface area contributed by atoms with Crippen molar-refractivity contribution in [1.29, 1.82) is 0 Å². The highest BCUT2D eigenvalue weighted by atomic mass is 32.2. The molecule has 2 aromatic carbocycles. The lowest BCUT2D eigenvalue weighted by molar-refractivity contribution is -0.384. The highest BCUT2D eigenvalue weighted by Crippen LogP contribution is 2.22. The Labute approximate surface area is 165 Å². The van der Waals surface area contributed by atoms with Crippen molar-refractivity contribution in [2.75, 3.05) is 11.1 Å². The summed E-state index contributed by atoms with van der Waals surface area (Å²) in [6, 6.07) is 14.1. The number of benzene rings is 2. The molecular formula is C19H17N5O3S. The summed E-state index contributed by atoms with van der Waals surface area (Å²) in [5, 5.41) is 20.9. The van der Waals surface area contributed by atoms with Crippen LogP contribution in [0.2, 0.25) is 0 Å². The first-order chi connectivity index (χ1) is 13.5. The van der Waals surface area contributed by atoms with Gasteiger partial charge in [-0.2, -0.15) is 0 Å². The number of amides is 1. The zero-order valence-electron chi connectivity index (χ0n) is 15.0. The van der Waals surface area contributed by atoms with Crippen LogP contribution < -0.4 is 5.32 Å². The quantitative estimate of drug-likeness (QED) is 0.356. The van der Waals surface area contributed by atoms with Crippen LogP contribution in [0.4, 0.5) is 11.4 Å². The zero-order valence-corrected chi connectivity index (χ0v) is 15.8. The van der Waals surface area contributed by atoms with E-state index in [0.717, 1.165) is 5.56 Å². The zero-order chi connectivity index (χ0) is 19.9. The normalized spacial score (nSPS) is 10.9. The molecule has 3 aromatic rings. The summed E-state index contributed by atoms with van der Waals surface area (Å²) < 4.78 is 0. The first-order valence-corrected chi connectivity index (χ1v) is 9.33. The van der Waals surface area contributed by atoms with Crippen LogP contribution in [0.25, 0.3) is 12.2 Å². The van der Waals surface area contributed by atoms with Gasteiger partial charge in [-0.25, -0.2) is 4.98 Å². The molecule has 0 spiro atoms. The summed E-state index contributed by atoms with van der Waals surface area (Å²) in [6.45, 7) is 1.70. The fourth-order valence-electron chi connectivity index (χ4n) is 2.35. The minimum absolute atomic E-state index is 0.0123. The maximum Gasteiger partial charge on any atom is 0.269 e. The smallest absolute Gasteiger partial charge is 0.269 e. The van der Waals surface area contributed by atoms with Crippen LogP contribution in [0.1, 0.15) is 17.0 Å². The lowest BCUT2D eigenvalue weighted by Crippen LogP contribution is -2.15. The van der Waals surface area contributed by atoms with E-state index in [1.165, 1.54) is 30.0 Å². The van der Waals surface area contributed by atoms with Gasteiger partial charge in [-0.05, 0) is 30.2 Å². The van der Waals surface area contributed by atoms with Crippen molar-refractivity contribution in [3.05, 3.63) is 75.6 Å². The number of nitrogens with one attached hydrogen (secondary N) is 2. The molecule has 0 radical (unpaired) electrons. The summed E-state index contributed by atoms with van der Waals surface area (Å²) in [5.74, 6) is 0.474. The molecule has 0 fully saturated rings. The molecular weight excluding hydrogens is 378 g/mol. The van der Waals surface area contributed by atoms with Crippen molar-refractivity contribution in [2.45, 2.75) is 12.1 Å². The van der Waals surface area contributed by atoms with Crippen LogP contribution in [-0.2, 0) is 4.79 Å². The van der Waals surface area contributed by atoms with Gasteiger partial charge in [-0.15, -0.1) is 5.10 Å². The topological polar surface area (TPSA) is 114 Å². The third kappa shape index (κ3) is 5.27. The molecule has 0 unspecified atom stereocenters. The summed E-state index contributed by atoms with van der Waals surface area (Å²) >= 11 is 1.20. The van der Waals surface area contributed by atoms with Gasteiger partial charge in [0.05, 0.1) is 10.7 Å². The molecule has 0 saturated heterocycles. The molecule has 0 aliphatic rings. The van der Waals surface area contributed by atoms with Crippen molar-refractivity contribution in [3.8, 4) is 0 Å². The second-order valence-corrected chi connectivity index (χ2v) is 6.78. The Morgan fingerprint density at radius 3 is 2.75 bits per heavy atom. The summed E-state index contributed by atoms with van der Waals surface area (Å²) in [5.41, 5.74) is 2.20. The standard InChI is InChI=1S/C19H17N5O3S/c1-13-11-15(24(26)27)8-9-16(13)20-18(25)12-28-19-21-17(22-23-19)10-7-14-5-3-2-4-6-14/h2-11H,12H2,1H3,(H,20,25)(H,21,22,23)/b10-7+. The molecule has 0 bridgehead atoms. The van der Waals surface area contributed by atoms with Crippen molar-refractivity contribution < 1.29 is 9.72 Å². The largest absolute Gasteiger partial charge is 0.325 e. The first kappa shape index (κ1) is 19.3. The van der Waals surface area contributed by atoms with E-state index in [4.69, 9.17) is 0 Å². The number of nitro groups is 1. The van der Waals surface area contributed by atoms with Crippen LogP contribution in [0.3, 0.4) is 0 Å². The first-order valence-electron chi connectivity index (χ1n) is 8.34. The lowest BCUT2D eigenvalue weighted by Gasteiger charge is -2.07. The Balaban J connectivity index is 1.53. The molecule has 0 saturated carbocycles. The van der Waals surface area contributed by atoms with E-state index in [0.29, 0.717) is 22.2 Å². The molecule has 3 rings (SSSR count). The molecule has 0 aliphatic carbocycles. The number of carbonyl (C=O) groups excluding carboxylic acids is 1. The Morgan fingerprint density at radius 1 is 1.25 bits per heavy atom. The molecule has 9 heteroatoms. The number of H-pyrrole nitrogens is 1. The van der Waals surface area contributed by atoms with Gasteiger partial charge in [0.15, 0.2) is 0 Å². The van der Waals surface area contributed by atoms with E-state index in [-0.39, 0.29) is 17.3 Å². The van der Waals surface area contributed by atoms with E-state index < -0.39 is 4.92 Å². The summed E-state index contributed by atoms with van der Waals surface area (Å²) in [4.78, 5) is 26.7. The monoisotopic (exact) mass is 395 g/mol. The summed E-state index contributed by atoms with van der Waals surface area (Å²) in [7, 11) is 0. The Hall–Kier alpha value is -3.46. The Bertz CT molecular complexity index is 1020. The van der Waals surface area contributed by atoms with Crippen molar-refractivity contribution in [2.24, 2.45) is 0 Å². The number of aryl methyl sites for hydroxylation is 1. The van der Waals surface area contributed by atoms with Gasteiger partial charge < -0.3 is 5.32 Å². The second kappa shape index (κ2) is 8.96. The molecule has 1 heterocycles. The van der Waals surface area contributed by atoms with Gasteiger partial charge in [-0.1, -0.05) is 48.2 Å². The van der Waals surface area contributed by atoms with Gasteiger partial charge in [0.1, 0.15) is 5.82 Å². The van der Waals surface area contributed by atoms with Crippen LogP contribution in [0.5, 0.6) is 0 Å². The molecule has 28 heavy (non-hydrogen) atoms. The van der Waals surface area contributed by atoms with Crippen LogP contribution in [-0.4, -0.2) is 31.8 Å². The molecule has 0 aliphatic heterocycles. The number of aromatic amines is 1. The molecule has 2 N–H and O–H groups in total. The van der Waals surface area contributed by atoms with Gasteiger partial charge >= 0.3 is 0 Å². The van der Waals surface area contributed by atoms with Gasteiger partial charge in [0.25, 0.3) is 5.69 Å². The van der Waals surface area contributed by atoms with Gasteiger partial charge in [0.2, 0.25) is 11.1 Å². The highest BCUT2D eigenvalue weighted by molar-refractivity contribution is 7.99. The number of rotatable bonds is 7. The second-order valence-electron chi connectivity index (χ2n) is 5.84. The highest BCUT2D eigenvalue weighted by Gasteiger charge is 2.11. The number of hydrogen-bond acceptors (Lipinski definition) is 6. The fraction of sp³-hybridized carbons (Fsp3) is 0.105. The Kier molecular flexibility index (Phi) is 6.18. The number of hydrogen-bond donors (Lipinski definition) is 2. The molecule has 8 nitrogen and oxygen atoms in total. The maximum atomic E-state index is 12.1. The predicted octanol–water partition coefficient (Wildman–Crippen LogP) is 3.92. The van der Waals surface area contributed by atoms with Crippen molar-refractivity contribution >= 4 is 41.2 Å². The fourth-order valence-corrected chi connectivity index (χ4v) is 2.96.